The second-order valence-electron chi connectivity index (χ2n) is 3.32. The van der Waals surface area contributed by atoms with Gasteiger partial charge in [-0.05, 0) is 25.5 Å². The second kappa shape index (κ2) is 4.35. The third kappa shape index (κ3) is 2.73. The molecule has 0 aliphatic heterocycles. The third-order valence-corrected chi connectivity index (χ3v) is 2.82. The first-order chi connectivity index (χ1) is 7.24. The molecule has 0 aliphatic rings. The molecule has 15 heavy (non-hydrogen) atoms. The fourth-order valence-corrected chi connectivity index (χ4v) is 1.95. The van der Waals surface area contributed by atoms with E-state index in [1.54, 1.807) is 17.5 Å². The van der Waals surface area contributed by atoms with E-state index < -0.39 is 0 Å². The molecular weight excluding hydrogens is 208 g/mol. The van der Waals surface area contributed by atoms with Gasteiger partial charge in [-0.25, -0.2) is 4.98 Å². The summed E-state index contributed by atoms with van der Waals surface area (Å²) in [5.41, 5.74) is 1.10. The summed E-state index contributed by atoms with van der Waals surface area (Å²) < 4.78 is 0. The zero-order valence-electron chi connectivity index (χ0n) is 8.69. The topological polar surface area (TPSA) is 50.7 Å². The quantitative estimate of drug-likeness (QED) is 0.861. The number of rotatable bonds is 3. The van der Waals surface area contributed by atoms with Gasteiger partial charge in [0.2, 0.25) is 0 Å². The SMILES string of the molecule is Cc1cnnc(NCc2cnc(C)s2)c1. The van der Waals surface area contributed by atoms with Gasteiger partial charge in [-0.3, -0.25) is 0 Å². The fraction of sp³-hybridized carbons (Fsp3) is 0.300. The number of anilines is 1. The summed E-state index contributed by atoms with van der Waals surface area (Å²) in [5, 5.41) is 12.2. The molecule has 0 fully saturated rings. The van der Waals surface area contributed by atoms with E-state index in [1.165, 1.54) is 4.88 Å². The molecule has 2 rings (SSSR count). The van der Waals surface area contributed by atoms with Gasteiger partial charge < -0.3 is 5.32 Å². The molecule has 0 spiro atoms. The predicted octanol–water partition coefficient (Wildman–Crippen LogP) is 2.16. The van der Waals surface area contributed by atoms with Crippen LogP contribution in [0.4, 0.5) is 5.82 Å². The lowest BCUT2D eigenvalue weighted by Crippen LogP contribution is -2.00. The van der Waals surface area contributed by atoms with Crippen LogP contribution in [0.3, 0.4) is 0 Å². The highest BCUT2D eigenvalue weighted by molar-refractivity contribution is 7.11. The average Bonchev–Trinajstić information content (AvgIpc) is 2.62. The Hall–Kier alpha value is -1.49. The average molecular weight is 220 g/mol. The number of aryl methyl sites for hydroxylation is 2. The van der Waals surface area contributed by atoms with Crippen LogP contribution in [0.2, 0.25) is 0 Å². The van der Waals surface area contributed by atoms with Crippen molar-refractivity contribution < 1.29 is 0 Å². The van der Waals surface area contributed by atoms with Crippen LogP contribution in [0.5, 0.6) is 0 Å². The van der Waals surface area contributed by atoms with E-state index in [0.717, 1.165) is 22.9 Å². The number of hydrogen-bond acceptors (Lipinski definition) is 5. The second-order valence-corrected chi connectivity index (χ2v) is 4.64. The van der Waals surface area contributed by atoms with Crippen LogP contribution in [0.15, 0.2) is 18.5 Å². The summed E-state index contributed by atoms with van der Waals surface area (Å²) in [6.07, 6.45) is 3.62. The molecule has 0 saturated heterocycles. The maximum Gasteiger partial charge on any atom is 0.149 e. The molecule has 0 aliphatic carbocycles. The fourth-order valence-electron chi connectivity index (χ4n) is 1.22. The highest BCUT2D eigenvalue weighted by Crippen LogP contribution is 2.13. The van der Waals surface area contributed by atoms with E-state index in [0.29, 0.717) is 0 Å². The first-order valence-electron chi connectivity index (χ1n) is 4.68. The van der Waals surface area contributed by atoms with Crippen molar-refractivity contribution in [2.24, 2.45) is 0 Å². The van der Waals surface area contributed by atoms with Gasteiger partial charge in [-0.15, -0.1) is 16.4 Å². The van der Waals surface area contributed by atoms with E-state index in [2.05, 4.69) is 20.5 Å². The van der Waals surface area contributed by atoms with Gasteiger partial charge in [0.15, 0.2) is 0 Å². The van der Waals surface area contributed by atoms with E-state index >= 15 is 0 Å². The largest absolute Gasteiger partial charge is 0.364 e. The molecule has 0 aromatic carbocycles. The summed E-state index contributed by atoms with van der Waals surface area (Å²) in [6.45, 7) is 4.75. The van der Waals surface area contributed by atoms with Crippen molar-refractivity contribution in [3.05, 3.63) is 33.9 Å². The van der Waals surface area contributed by atoms with Gasteiger partial charge in [-0.1, -0.05) is 0 Å². The molecule has 5 heteroatoms. The first-order valence-corrected chi connectivity index (χ1v) is 5.50. The van der Waals surface area contributed by atoms with Gasteiger partial charge in [-0.2, -0.15) is 5.10 Å². The van der Waals surface area contributed by atoms with Crippen LogP contribution in [0, 0.1) is 13.8 Å². The van der Waals surface area contributed by atoms with Crippen LogP contribution < -0.4 is 5.32 Å². The summed E-state index contributed by atoms with van der Waals surface area (Å²) in [5.74, 6) is 0.807. The number of hydrogen-bond donors (Lipinski definition) is 1. The molecule has 0 bridgehead atoms. The summed E-state index contributed by atoms with van der Waals surface area (Å²) in [7, 11) is 0. The first kappa shape index (κ1) is 10.0. The molecule has 2 aromatic heterocycles. The lowest BCUT2D eigenvalue weighted by molar-refractivity contribution is 0.992. The van der Waals surface area contributed by atoms with Crippen LogP contribution in [0.1, 0.15) is 15.4 Å². The molecule has 0 unspecified atom stereocenters. The Kier molecular flexibility index (Phi) is 2.91. The molecule has 0 atom stereocenters. The molecule has 4 nitrogen and oxygen atoms in total. The molecular formula is C10H12N4S. The maximum absolute atomic E-state index is 4.19. The van der Waals surface area contributed by atoms with E-state index in [-0.39, 0.29) is 0 Å². The zero-order chi connectivity index (χ0) is 10.7. The van der Waals surface area contributed by atoms with Gasteiger partial charge in [0, 0.05) is 11.1 Å². The molecule has 78 valence electrons. The van der Waals surface area contributed by atoms with Crippen molar-refractivity contribution in [3.63, 3.8) is 0 Å². The van der Waals surface area contributed by atoms with Gasteiger partial charge >= 0.3 is 0 Å². The zero-order valence-corrected chi connectivity index (χ0v) is 9.51. The van der Waals surface area contributed by atoms with E-state index in [4.69, 9.17) is 0 Å². The van der Waals surface area contributed by atoms with Crippen LogP contribution >= 0.6 is 11.3 Å². The highest BCUT2D eigenvalue weighted by Gasteiger charge is 1.99. The Balaban J connectivity index is 1.99. The lowest BCUT2D eigenvalue weighted by atomic mass is 10.3. The number of nitrogens with one attached hydrogen (secondary N) is 1. The normalized spacial score (nSPS) is 10.3. The molecule has 2 heterocycles. The minimum absolute atomic E-state index is 0.754. The van der Waals surface area contributed by atoms with Crippen molar-refractivity contribution in [2.75, 3.05) is 5.32 Å². The smallest absolute Gasteiger partial charge is 0.149 e. The van der Waals surface area contributed by atoms with Gasteiger partial charge in [0.05, 0.1) is 17.7 Å². The van der Waals surface area contributed by atoms with Crippen molar-refractivity contribution in [3.8, 4) is 0 Å². The van der Waals surface area contributed by atoms with Crippen LogP contribution in [0.25, 0.3) is 0 Å². The summed E-state index contributed by atoms with van der Waals surface area (Å²) >= 11 is 1.69. The Morgan fingerprint density at radius 1 is 1.33 bits per heavy atom. The van der Waals surface area contributed by atoms with E-state index in [9.17, 15) is 0 Å². The van der Waals surface area contributed by atoms with Crippen molar-refractivity contribution in [2.45, 2.75) is 20.4 Å². The Bertz CT molecular complexity index is 452. The minimum atomic E-state index is 0.754. The number of nitrogens with zero attached hydrogens (tertiary/aromatic N) is 3. The van der Waals surface area contributed by atoms with Crippen molar-refractivity contribution >= 4 is 17.2 Å². The Morgan fingerprint density at radius 3 is 2.87 bits per heavy atom. The maximum atomic E-state index is 4.19. The minimum Gasteiger partial charge on any atom is -0.364 e. The standard InChI is InChI=1S/C10H12N4S/c1-7-3-10(14-13-4-7)12-6-9-5-11-8(2)15-9/h3-5H,6H2,1-2H3,(H,12,14). The lowest BCUT2D eigenvalue weighted by Gasteiger charge is -2.02. The summed E-state index contributed by atoms with van der Waals surface area (Å²) in [6, 6.07) is 1.97. The molecule has 0 radical (unpaired) electrons. The van der Waals surface area contributed by atoms with E-state index in [1.807, 2.05) is 26.1 Å². The number of aromatic nitrogens is 3. The number of thiazole rings is 1. The monoisotopic (exact) mass is 220 g/mol. The summed E-state index contributed by atoms with van der Waals surface area (Å²) in [4.78, 5) is 5.39. The highest BCUT2D eigenvalue weighted by atomic mass is 32.1. The Labute approximate surface area is 92.4 Å². The van der Waals surface area contributed by atoms with Gasteiger partial charge in [0.25, 0.3) is 0 Å². The van der Waals surface area contributed by atoms with Crippen molar-refractivity contribution in [1.82, 2.24) is 15.2 Å². The van der Waals surface area contributed by atoms with Crippen LogP contribution in [-0.4, -0.2) is 15.2 Å². The van der Waals surface area contributed by atoms with Gasteiger partial charge in [0.1, 0.15) is 5.82 Å². The molecule has 2 aromatic rings. The molecule has 1 N–H and O–H groups in total. The third-order valence-electron chi connectivity index (χ3n) is 1.90. The Morgan fingerprint density at radius 2 is 2.20 bits per heavy atom. The van der Waals surface area contributed by atoms with Crippen LogP contribution in [-0.2, 0) is 6.54 Å². The predicted molar refractivity (Wildman–Crippen MR) is 60.9 cm³/mol. The molecule has 0 amide bonds. The van der Waals surface area contributed by atoms with Crippen molar-refractivity contribution in [1.29, 1.82) is 0 Å². The molecule has 0 saturated carbocycles.